The van der Waals surface area contributed by atoms with Crippen molar-refractivity contribution in [2.75, 3.05) is 31.0 Å². The first kappa shape index (κ1) is 20.3. The molecule has 1 aromatic heterocycles. The van der Waals surface area contributed by atoms with Gasteiger partial charge < -0.3 is 15.5 Å². The number of carbonyl (C=O) groups is 2. The Balaban J connectivity index is 1.98. The van der Waals surface area contributed by atoms with Crippen LogP contribution in [0.1, 0.15) is 22.5 Å². The van der Waals surface area contributed by atoms with Gasteiger partial charge in [0.25, 0.3) is 5.91 Å². The number of carbonyl (C=O) groups excluding carboxylic acids is 2. The van der Waals surface area contributed by atoms with Gasteiger partial charge in [-0.1, -0.05) is 0 Å². The fourth-order valence-corrected chi connectivity index (χ4v) is 3.31. The Hall–Kier alpha value is -2.06. The molecule has 0 spiro atoms. The van der Waals surface area contributed by atoms with E-state index < -0.39 is 6.04 Å². The summed E-state index contributed by atoms with van der Waals surface area (Å²) >= 11 is 3.13. The molecule has 2 rings (SSSR count). The minimum Gasteiger partial charge on any atom is -0.378 e. The molecule has 0 unspecified atom stereocenters. The number of amides is 2. The second-order valence-corrected chi connectivity index (χ2v) is 7.65. The van der Waals surface area contributed by atoms with E-state index in [0.717, 1.165) is 17.1 Å². The lowest BCUT2D eigenvalue weighted by molar-refractivity contribution is -0.123. The molecule has 2 N–H and O–H groups in total. The Morgan fingerprint density at radius 3 is 2.58 bits per heavy atom. The minimum absolute atomic E-state index is 0.190. The molecule has 140 valence electrons. The van der Waals surface area contributed by atoms with Crippen LogP contribution in [0.3, 0.4) is 0 Å². The molecule has 0 aliphatic heterocycles. The van der Waals surface area contributed by atoms with E-state index in [1.165, 1.54) is 11.3 Å². The highest BCUT2D eigenvalue weighted by Crippen LogP contribution is 2.13. The maximum atomic E-state index is 12.5. The van der Waals surface area contributed by atoms with Crippen LogP contribution in [0.5, 0.6) is 0 Å². The van der Waals surface area contributed by atoms with Gasteiger partial charge in [0.1, 0.15) is 6.04 Å². The van der Waals surface area contributed by atoms with Gasteiger partial charge in [-0.3, -0.25) is 9.59 Å². The van der Waals surface area contributed by atoms with Crippen LogP contribution in [0.4, 0.5) is 5.69 Å². The van der Waals surface area contributed by atoms with Crippen molar-refractivity contribution in [3.05, 3.63) is 46.4 Å². The minimum atomic E-state index is -0.567. The highest BCUT2D eigenvalue weighted by molar-refractivity contribution is 7.98. The highest BCUT2D eigenvalue weighted by Gasteiger charge is 2.21. The zero-order valence-electron chi connectivity index (χ0n) is 15.2. The van der Waals surface area contributed by atoms with Crippen molar-refractivity contribution in [2.45, 2.75) is 19.0 Å². The van der Waals surface area contributed by atoms with Gasteiger partial charge in [0, 0.05) is 30.7 Å². The predicted molar refractivity (Wildman–Crippen MR) is 109 cm³/mol. The molecule has 26 heavy (non-hydrogen) atoms. The first-order chi connectivity index (χ1) is 12.5. The average Bonchev–Trinajstić information content (AvgIpc) is 3.16. The van der Waals surface area contributed by atoms with Crippen molar-refractivity contribution in [1.29, 1.82) is 0 Å². The largest absolute Gasteiger partial charge is 0.378 e. The summed E-state index contributed by atoms with van der Waals surface area (Å²) in [5.41, 5.74) is 4.10. The zero-order chi connectivity index (χ0) is 18.9. The fourth-order valence-electron chi connectivity index (χ4n) is 2.28. The number of thioether (sulfide) groups is 1. The molecular formula is C18H24N4O2S2. The van der Waals surface area contributed by atoms with Crippen LogP contribution in [-0.4, -0.2) is 48.9 Å². The number of benzene rings is 1. The van der Waals surface area contributed by atoms with Crippen LogP contribution in [-0.2, 0) is 11.3 Å². The summed E-state index contributed by atoms with van der Waals surface area (Å²) in [6.07, 6.45) is 2.55. The van der Waals surface area contributed by atoms with Crippen molar-refractivity contribution in [1.82, 2.24) is 15.6 Å². The lowest BCUT2D eigenvalue weighted by Gasteiger charge is -2.18. The van der Waals surface area contributed by atoms with Crippen LogP contribution >= 0.6 is 23.1 Å². The van der Waals surface area contributed by atoms with Crippen LogP contribution in [0.2, 0.25) is 0 Å². The zero-order valence-corrected chi connectivity index (χ0v) is 16.8. The molecule has 0 saturated heterocycles. The van der Waals surface area contributed by atoms with Gasteiger partial charge in [0.15, 0.2) is 0 Å². The van der Waals surface area contributed by atoms with E-state index in [1.807, 2.05) is 42.8 Å². The summed E-state index contributed by atoms with van der Waals surface area (Å²) in [7, 11) is 3.89. The van der Waals surface area contributed by atoms with Crippen molar-refractivity contribution >= 4 is 40.6 Å². The molecule has 0 aliphatic rings. The molecule has 1 aromatic carbocycles. The summed E-state index contributed by atoms with van der Waals surface area (Å²) in [6, 6.07) is 6.73. The number of anilines is 1. The van der Waals surface area contributed by atoms with E-state index in [9.17, 15) is 9.59 Å². The number of hydrogen-bond donors (Lipinski definition) is 2. The molecule has 2 amide bonds. The van der Waals surface area contributed by atoms with Gasteiger partial charge in [-0.25, -0.2) is 4.98 Å². The topological polar surface area (TPSA) is 74.3 Å². The number of rotatable bonds is 9. The van der Waals surface area contributed by atoms with E-state index in [4.69, 9.17) is 0 Å². The molecule has 0 radical (unpaired) electrons. The third kappa shape index (κ3) is 6.03. The Morgan fingerprint density at radius 1 is 1.27 bits per heavy atom. The maximum Gasteiger partial charge on any atom is 0.251 e. The van der Waals surface area contributed by atoms with Crippen LogP contribution in [0.15, 0.2) is 35.2 Å². The van der Waals surface area contributed by atoms with Gasteiger partial charge in [0.05, 0.1) is 17.7 Å². The normalized spacial score (nSPS) is 11.7. The number of nitrogens with one attached hydrogen (secondary N) is 2. The van der Waals surface area contributed by atoms with Gasteiger partial charge >= 0.3 is 0 Å². The van der Waals surface area contributed by atoms with E-state index >= 15 is 0 Å². The Labute approximate surface area is 162 Å². The third-order valence-electron chi connectivity index (χ3n) is 3.81. The van der Waals surface area contributed by atoms with Gasteiger partial charge in [-0.05, 0) is 42.7 Å². The molecule has 0 bridgehead atoms. The second kappa shape index (κ2) is 10.2. The van der Waals surface area contributed by atoms with Gasteiger partial charge in [-0.2, -0.15) is 11.8 Å². The monoisotopic (exact) mass is 392 g/mol. The predicted octanol–water partition coefficient (Wildman–Crippen LogP) is 2.38. The summed E-state index contributed by atoms with van der Waals surface area (Å²) in [5, 5.41) is 7.59. The molecule has 6 nitrogen and oxygen atoms in total. The van der Waals surface area contributed by atoms with Crippen LogP contribution < -0.4 is 15.5 Å². The van der Waals surface area contributed by atoms with Crippen LogP contribution in [0.25, 0.3) is 0 Å². The number of nitrogens with zero attached hydrogens (tertiary/aromatic N) is 2. The Bertz CT molecular complexity index is 702. The molecule has 8 heteroatoms. The number of hydrogen-bond acceptors (Lipinski definition) is 6. The maximum absolute atomic E-state index is 12.5. The SMILES string of the molecule is CSCC[C@H](NC(=O)c1ccc(N(C)C)cc1)C(=O)NCc1cscn1. The van der Waals surface area contributed by atoms with Crippen LogP contribution in [0, 0.1) is 0 Å². The summed E-state index contributed by atoms with van der Waals surface area (Å²) in [6.45, 7) is 0.367. The lowest BCUT2D eigenvalue weighted by atomic mass is 10.1. The highest BCUT2D eigenvalue weighted by atomic mass is 32.2. The second-order valence-electron chi connectivity index (χ2n) is 5.95. The van der Waals surface area contributed by atoms with Crippen molar-refractivity contribution < 1.29 is 9.59 Å². The van der Waals surface area contributed by atoms with E-state index in [2.05, 4.69) is 15.6 Å². The van der Waals surface area contributed by atoms with Crippen molar-refractivity contribution in [2.24, 2.45) is 0 Å². The van der Waals surface area contributed by atoms with Crippen molar-refractivity contribution in [3.63, 3.8) is 0 Å². The molecule has 0 aliphatic carbocycles. The Kier molecular flexibility index (Phi) is 7.93. The Morgan fingerprint density at radius 2 is 2.00 bits per heavy atom. The molecule has 0 saturated carbocycles. The standard InChI is InChI=1S/C18H24N4O2S2/c1-22(2)15-6-4-13(5-7-15)17(23)21-16(8-9-25-3)18(24)19-10-14-11-26-12-20-14/h4-7,11-12,16H,8-10H2,1-3H3,(H,19,24)(H,21,23)/t16-/m0/s1. The molecular weight excluding hydrogens is 368 g/mol. The van der Waals surface area contributed by atoms with Gasteiger partial charge in [0.2, 0.25) is 5.91 Å². The average molecular weight is 393 g/mol. The number of thiazole rings is 1. The molecule has 1 atom stereocenters. The smallest absolute Gasteiger partial charge is 0.251 e. The summed E-state index contributed by atoms with van der Waals surface area (Å²) in [4.78, 5) is 31.1. The number of aromatic nitrogens is 1. The van der Waals surface area contributed by atoms with Gasteiger partial charge in [-0.15, -0.1) is 11.3 Å². The molecule has 0 fully saturated rings. The first-order valence-corrected chi connectivity index (χ1v) is 10.6. The summed E-state index contributed by atoms with van der Waals surface area (Å²) < 4.78 is 0. The third-order valence-corrected chi connectivity index (χ3v) is 5.08. The fraction of sp³-hybridized carbons (Fsp3) is 0.389. The quantitative estimate of drug-likeness (QED) is 0.685. The lowest BCUT2D eigenvalue weighted by Crippen LogP contribution is -2.46. The summed E-state index contributed by atoms with van der Waals surface area (Å²) in [5.74, 6) is 0.352. The van der Waals surface area contributed by atoms with Crippen molar-refractivity contribution in [3.8, 4) is 0 Å². The van der Waals surface area contributed by atoms with E-state index in [0.29, 0.717) is 18.5 Å². The molecule has 1 heterocycles. The van der Waals surface area contributed by atoms with E-state index in [-0.39, 0.29) is 11.8 Å². The first-order valence-electron chi connectivity index (χ1n) is 8.23. The van der Waals surface area contributed by atoms with E-state index in [1.54, 1.807) is 29.4 Å². The molecule has 2 aromatic rings.